The van der Waals surface area contributed by atoms with E-state index in [-0.39, 0.29) is 11.7 Å². The van der Waals surface area contributed by atoms with Crippen LogP contribution in [0.15, 0.2) is 48.5 Å². The van der Waals surface area contributed by atoms with Crippen molar-refractivity contribution >= 4 is 17.4 Å². The fourth-order valence-electron chi connectivity index (χ4n) is 2.28. The van der Waals surface area contributed by atoms with Gasteiger partial charge >= 0.3 is 6.03 Å². The van der Waals surface area contributed by atoms with Crippen LogP contribution in [0.2, 0.25) is 0 Å². The first kappa shape index (κ1) is 17.3. The first-order chi connectivity index (χ1) is 11.5. The van der Waals surface area contributed by atoms with Crippen LogP contribution in [0.4, 0.5) is 16.2 Å². The molecule has 2 aromatic carbocycles. The zero-order valence-electron chi connectivity index (χ0n) is 13.5. The lowest BCUT2D eigenvalue weighted by Crippen LogP contribution is -2.32. The summed E-state index contributed by atoms with van der Waals surface area (Å²) in [6, 6.07) is 12.7. The number of hydrogen-bond acceptors (Lipinski definition) is 4. The van der Waals surface area contributed by atoms with E-state index in [1.807, 2.05) is 31.2 Å². The maximum atomic E-state index is 12.1. The number of nitrogens with zero attached hydrogens (tertiary/aromatic N) is 1. The number of nitro benzene ring substituents is 1. The Bertz CT molecular complexity index is 716. The average molecular weight is 329 g/mol. The Morgan fingerprint density at radius 3 is 2.54 bits per heavy atom. The first-order valence-corrected chi connectivity index (χ1v) is 7.49. The summed E-state index contributed by atoms with van der Waals surface area (Å²) < 4.78 is 5.12. The Labute approximate surface area is 139 Å². The second kappa shape index (κ2) is 7.96. The number of amides is 2. The molecule has 7 heteroatoms. The molecule has 0 aliphatic heterocycles. The molecule has 0 heterocycles. The molecule has 0 radical (unpaired) electrons. The van der Waals surface area contributed by atoms with Crippen LogP contribution in [-0.2, 0) is 0 Å². The van der Waals surface area contributed by atoms with E-state index in [9.17, 15) is 14.9 Å². The van der Waals surface area contributed by atoms with E-state index in [2.05, 4.69) is 10.6 Å². The highest BCUT2D eigenvalue weighted by Crippen LogP contribution is 2.21. The van der Waals surface area contributed by atoms with Gasteiger partial charge in [-0.15, -0.1) is 0 Å². The van der Waals surface area contributed by atoms with Crippen molar-refractivity contribution in [1.82, 2.24) is 5.32 Å². The zero-order valence-corrected chi connectivity index (χ0v) is 13.5. The molecule has 0 saturated carbocycles. The molecule has 0 fully saturated rings. The Balaban J connectivity index is 2.03. The summed E-state index contributed by atoms with van der Waals surface area (Å²) in [5.74, 6) is 0.745. The molecule has 0 aliphatic rings. The number of urea groups is 1. The molecule has 2 aromatic rings. The Morgan fingerprint density at radius 2 is 1.96 bits per heavy atom. The molecule has 24 heavy (non-hydrogen) atoms. The molecule has 0 spiro atoms. The molecule has 2 amide bonds. The molecule has 0 aromatic heterocycles. The quantitative estimate of drug-likeness (QED) is 0.621. The minimum Gasteiger partial charge on any atom is -0.497 e. The van der Waals surface area contributed by atoms with Gasteiger partial charge in [-0.25, -0.2) is 4.79 Å². The van der Waals surface area contributed by atoms with Gasteiger partial charge in [-0.1, -0.05) is 25.1 Å². The van der Waals surface area contributed by atoms with E-state index in [0.717, 1.165) is 11.3 Å². The fraction of sp³-hybridized carbons (Fsp3) is 0.235. The van der Waals surface area contributed by atoms with E-state index in [0.29, 0.717) is 12.1 Å². The third-order valence-corrected chi connectivity index (χ3v) is 3.55. The van der Waals surface area contributed by atoms with Crippen molar-refractivity contribution in [2.45, 2.75) is 19.4 Å². The van der Waals surface area contributed by atoms with Crippen LogP contribution in [0, 0.1) is 10.1 Å². The molecule has 0 bridgehead atoms. The molecule has 7 nitrogen and oxygen atoms in total. The van der Waals surface area contributed by atoms with Gasteiger partial charge in [-0.3, -0.25) is 10.1 Å². The summed E-state index contributed by atoms with van der Waals surface area (Å²) in [5.41, 5.74) is 1.24. The van der Waals surface area contributed by atoms with Crippen molar-refractivity contribution in [3.8, 4) is 5.75 Å². The number of methoxy groups -OCH3 is 1. The number of carbonyl (C=O) groups excluding carboxylic acids is 1. The van der Waals surface area contributed by atoms with Crippen LogP contribution < -0.4 is 15.4 Å². The molecule has 2 N–H and O–H groups in total. The topological polar surface area (TPSA) is 93.5 Å². The van der Waals surface area contributed by atoms with Crippen LogP contribution in [0.25, 0.3) is 0 Å². The van der Waals surface area contributed by atoms with Crippen LogP contribution in [0.1, 0.15) is 24.9 Å². The number of nitro groups is 1. The van der Waals surface area contributed by atoms with Gasteiger partial charge in [0.1, 0.15) is 5.75 Å². The summed E-state index contributed by atoms with van der Waals surface area (Å²) in [4.78, 5) is 22.4. The summed E-state index contributed by atoms with van der Waals surface area (Å²) in [6.45, 7) is 1.96. The Kier molecular flexibility index (Phi) is 5.73. The Morgan fingerprint density at radius 1 is 1.25 bits per heavy atom. The van der Waals surface area contributed by atoms with Gasteiger partial charge in [0.05, 0.1) is 18.1 Å². The smallest absolute Gasteiger partial charge is 0.319 e. The molecule has 1 atom stereocenters. The van der Waals surface area contributed by atoms with Gasteiger partial charge in [0, 0.05) is 17.8 Å². The van der Waals surface area contributed by atoms with Crippen molar-refractivity contribution in [1.29, 1.82) is 0 Å². The van der Waals surface area contributed by atoms with E-state index in [4.69, 9.17) is 4.74 Å². The molecule has 0 saturated heterocycles. The number of carbonyl (C=O) groups is 1. The highest BCUT2D eigenvalue weighted by molar-refractivity contribution is 5.89. The molecule has 2 rings (SSSR count). The lowest BCUT2D eigenvalue weighted by molar-refractivity contribution is -0.384. The SMILES string of the molecule is CCC(NC(=O)Nc1cccc([N+](=O)[O-])c1)c1ccc(OC)cc1. The predicted molar refractivity (Wildman–Crippen MR) is 91.3 cm³/mol. The minimum atomic E-state index is -0.505. The molecular weight excluding hydrogens is 310 g/mol. The van der Waals surface area contributed by atoms with Gasteiger partial charge in [-0.05, 0) is 30.2 Å². The van der Waals surface area contributed by atoms with Crippen LogP contribution in [-0.4, -0.2) is 18.1 Å². The average Bonchev–Trinajstić information content (AvgIpc) is 2.60. The van der Waals surface area contributed by atoms with Gasteiger partial charge in [0.15, 0.2) is 0 Å². The number of ether oxygens (including phenoxy) is 1. The van der Waals surface area contributed by atoms with Crippen molar-refractivity contribution in [2.75, 3.05) is 12.4 Å². The zero-order chi connectivity index (χ0) is 17.5. The third-order valence-electron chi connectivity index (χ3n) is 3.55. The highest BCUT2D eigenvalue weighted by Gasteiger charge is 2.14. The van der Waals surface area contributed by atoms with Gasteiger partial charge < -0.3 is 15.4 Å². The second-order valence-electron chi connectivity index (χ2n) is 5.14. The summed E-state index contributed by atoms with van der Waals surface area (Å²) in [5, 5.41) is 16.2. The number of rotatable bonds is 6. The largest absolute Gasteiger partial charge is 0.497 e. The number of hydrogen-bond donors (Lipinski definition) is 2. The highest BCUT2D eigenvalue weighted by atomic mass is 16.6. The maximum Gasteiger partial charge on any atom is 0.319 e. The normalized spacial score (nSPS) is 11.4. The third kappa shape index (κ3) is 4.45. The van der Waals surface area contributed by atoms with Gasteiger partial charge in [0.2, 0.25) is 0 Å². The van der Waals surface area contributed by atoms with Gasteiger partial charge in [0.25, 0.3) is 5.69 Å². The lowest BCUT2D eigenvalue weighted by atomic mass is 10.0. The van der Waals surface area contributed by atoms with Crippen LogP contribution in [0.3, 0.4) is 0 Å². The van der Waals surface area contributed by atoms with Gasteiger partial charge in [-0.2, -0.15) is 0 Å². The number of nitrogens with one attached hydrogen (secondary N) is 2. The Hall–Kier alpha value is -3.09. The number of benzene rings is 2. The van der Waals surface area contributed by atoms with E-state index in [1.54, 1.807) is 13.2 Å². The fourth-order valence-corrected chi connectivity index (χ4v) is 2.28. The molecule has 126 valence electrons. The van der Waals surface area contributed by atoms with Crippen molar-refractivity contribution in [3.05, 3.63) is 64.2 Å². The summed E-state index contributed by atoms with van der Waals surface area (Å²) in [6.07, 6.45) is 0.703. The predicted octanol–water partition coefficient (Wildman–Crippen LogP) is 3.88. The minimum absolute atomic E-state index is 0.0741. The van der Waals surface area contributed by atoms with E-state index >= 15 is 0 Å². The van der Waals surface area contributed by atoms with Crippen molar-refractivity contribution in [2.24, 2.45) is 0 Å². The van der Waals surface area contributed by atoms with E-state index < -0.39 is 11.0 Å². The molecule has 1 unspecified atom stereocenters. The second-order valence-corrected chi connectivity index (χ2v) is 5.14. The van der Waals surface area contributed by atoms with Crippen molar-refractivity contribution in [3.63, 3.8) is 0 Å². The number of non-ortho nitro benzene ring substituents is 1. The maximum absolute atomic E-state index is 12.1. The van der Waals surface area contributed by atoms with Crippen molar-refractivity contribution < 1.29 is 14.5 Å². The standard InChI is InChI=1S/C17H19N3O4/c1-3-16(12-7-9-15(24-2)10-8-12)19-17(21)18-13-5-4-6-14(11-13)20(22)23/h4-11,16H,3H2,1-2H3,(H2,18,19,21). The van der Waals surface area contributed by atoms with E-state index in [1.165, 1.54) is 18.2 Å². The number of anilines is 1. The molecule has 0 aliphatic carbocycles. The molecular formula is C17H19N3O4. The summed E-state index contributed by atoms with van der Waals surface area (Å²) in [7, 11) is 1.59. The summed E-state index contributed by atoms with van der Waals surface area (Å²) >= 11 is 0. The van der Waals surface area contributed by atoms with Crippen LogP contribution >= 0.6 is 0 Å². The monoisotopic (exact) mass is 329 g/mol. The first-order valence-electron chi connectivity index (χ1n) is 7.49. The lowest BCUT2D eigenvalue weighted by Gasteiger charge is -2.18. The van der Waals surface area contributed by atoms with Crippen LogP contribution in [0.5, 0.6) is 5.75 Å².